The maximum Gasteiger partial charge on any atom is 0.305 e. The lowest BCUT2D eigenvalue weighted by molar-refractivity contribution is -0.143. The van der Waals surface area contributed by atoms with E-state index in [9.17, 15) is 4.79 Å². The van der Waals surface area contributed by atoms with Gasteiger partial charge in [-0.2, -0.15) is 0 Å². The van der Waals surface area contributed by atoms with Crippen molar-refractivity contribution < 1.29 is 9.53 Å². The fraction of sp³-hybridized carbons (Fsp3) is 0.971. The Labute approximate surface area is 228 Å². The van der Waals surface area contributed by atoms with Gasteiger partial charge in [0.2, 0.25) is 0 Å². The first-order valence-corrected chi connectivity index (χ1v) is 17.0. The van der Waals surface area contributed by atoms with Crippen LogP contribution in [-0.4, -0.2) is 12.6 Å². The molecule has 0 rings (SSSR count). The molecule has 0 aliphatic rings. The summed E-state index contributed by atoms with van der Waals surface area (Å²) in [5, 5.41) is 0. The number of ether oxygens (including phenoxy) is 1. The number of rotatable bonds is 31. The maximum atomic E-state index is 11.9. The van der Waals surface area contributed by atoms with E-state index in [1.54, 1.807) is 0 Å². The van der Waals surface area contributed by atoms with Crippen molar-refractivity contribution in [2.45, 2.75) is 206 Å². The average Bonchev–Trinajstić information content (AvgIpc) is 2.88. The van der Waals surface area contributed by atoms with Gasteiger partial charge >= 0.3 is 5.97 Å². The monoisotopic (exact) mass is 509 g/mol. The first kappa shape index (κ1) is 35.5. The molecule has 0 radical (unpaired) electrons. The van der Waals surface area contributed by atoms with E-state index >= 15 is 0 Å². The normalized spacial score (nSPS) is 11.3. The SMILES string of the molecule is CCCCCCCCCCCCCCCCCCCCCC(=O)OCCCCCCCCCCCC. The smallest absolute Gasteiger partial charge is 0.305 e. The van der Waals surface area contributed by atoms with Gasteiger partial charge in [0.15, 0.2) is 0 Å². The lowest BCUT2D eigenvalue weighted by Crippen LogP contribution is -2.05. The maximum absolute atomic E-state index is 11.9. The predicted molar refractivity (Wildman–Crippen MR) is 161 cm³/mol. The minimum atomic E-state index is 0.0258. The fourth-order valence-electron chi connectivity index (χ4n) is 5.20. The number of hydrogen-bond donors (Lipinski definition) is 0. The summed E-state index contributed by atoms with van der Waals surface area (Å²) in [6.45, 7) is 5.20. The summed E-state index contributed by atoms with van der Waals surface area (Å²) in [6.07, 6.45) is 40.2. The van der Waals surface area contributed by atoms with E-state index in [4.69, 9.17) is 4.74 Å². The highest BCUT2D eigenvalue weighted by Crippen LogP contribution is 2.15. The van der Waals surface area contributed by atoms with Crippen molar-refractivity contribution in [3.63, 3.8) is 0 Å². The Morgan fingerprint density at radius 1 is 0.361 bits per heavy atom. The van der Waals surface area contributed by atoms with Crippen molar-refractivity contribution in [1.82, 2.24) is 0 Å². The Kier molecular flexibility index (Phi) is 32.0. The van der Waals surface area contributed by atoms with Crippen molar-refractivity contribution >= 4 is 5.97 Å². The molecule has 0 atom stereocenters. The van der Waals surface area contributed by atoms with Gasteiger partial charge in [0.25, 0.3) is 0 Å². The van der Waals surface area contributed by atoms with Crippen LogP contribution in [0.2, 0.25) is 0 Å². The largest absolute Gasteiger partial charge is 0.466 e. The molecule has 2 heteroatoms. The van der Waals surface area contributed by atoms with Gasteiger partial charge in [-0.3, -0.25) is 4.79 Å². The second kappa shape index (κ2) is 32.5. The van der Waals surface area contributed by atoms with Crippen LogP contribution in [0.1, 0.15) is 206 Å². The number of unbranched alkanes of at least 4 members (excludes halogenated alkanes) is 27. The molecule has 0 aromatic rings. The molecule has 0 bridgehead atoms. The number of hydrogen-bond acceptors (Lipinski definition) is 2. The second-order valence-corrected chi connectivity index (χ2v) is 11.5. The molecule has 2 nitrogen and oxygen atoms in total. The molecule has 36 heavy (non-hydrogen) atoms. The van der Waals surface area contributed by atoms with E-state index in [2.05, 4.69) is 13.8 Å². The molecular formula is C34H68O2. The first-order chi connectivity index (χ1) is 17.8. The Balaban J connectivity index is 3.13. The van der Waals surface area contributed by atoms with Crippen LogP contribution >= 0.6 is 0 Å². The molecule has 0 aromatic heterocycles. The third-order valence-electron chi connectivity index (χ3n) is 7.75. The van der Waals surface area contributed by atoms with Crippen LogP contribution in [0.15, 0.2) is 0 Å². The van der Waals surface area contributed by atoms with Crippen molar-refractivity contribution in [3.8, 4) is 0 Å². The summed E-state index contributed by atoms with van der Waals surface area (Å²) in [5.41, 5.74) is 0. The second-order valence-electron chi connectivity index (χ2n) is 11.5. The molecule has 0 unspecified atom stereocenters. The standard InChI is InChI=1S/C34H68O2/c1-3-5-7-9-11-13-15-16-17-18-19-20-21-22-23-24-26-28-30-32-34(35)36-33-31-29-27-25-14-12-10-8-6-4-2/h3-33H2,1-2H3. The summed E-state index contributed by atoms with van der Waals surface area (Å²) in [4.78, 5) is 11.9. The van der Waals surface area contributed by atoms with E-state index in [1.165, 1.54) is 173 Å². The number of esters is 1. The Morgan fingerprint density at radius 2 is 0.611 bits per heavy atom. The number of carbonyl (C=O) groups is 1. The van der Waals surface area contributed by atoms with Gasteiger partial charge in [-0.25, -0.2) is 0 Å². The first-order valence-electron chi connectivity index (χ1n) is 17.0. The molecule has 0 aliphatic heterocycles. The molecule has 0 N–H and O–H groups in total. The van der Waals surface area contributed by atoms with Gasteiger partial charge in [0.1, 0.15) is 0 Å². The molecular weight excluding hydrogens is 440 g/mol. The quantitative estimate of drug-likeness (QED) is 0.0687. The van der Waals surface area contributed by atoms with Crippen LogP contribution in [0.3, 0.4) is 0 Å². The molecule has 0 saturated heterocycles. The fourth-order valence-corrected chi connectivity index (χ4v) is 5.20. The van der Waals surface area contributed by atoms with Crippen LogP contribution in [0, 0.1) is 0 Å². The van der Waals surface area contributed by atoms with E-state index in [1.807, 2.05) is 0 Å². The van der Waals surface area contributed by atoms with Crippen molar-refractivity contribution in [2.75, 3.05) is 6.61 Å². The zero-order valence-corrected chi connectivity index (χ0v) is 25.2. The molecule has 0 amide bonds. The van der Waals surface area contributed by atoms with Crippen LogP contribution in [0.4, 0.5) is 0 Å². The van der Waals surface area contributed by atoms with Crippen LogP contribution in [0.5, 0.6) is 0 Å². The molecule has 0 saturated carbocycles. The van der Waals surface area contributed by atoms with Gasteiger partial charge in [-0.05, 0) is 12.8 Å². The minimum Gasteiger partial charge on any atom is -0.466 e. The average molecular weight is 509 g/mol. The lowest BCUT2D eigenvalue weighted by Gasteiger charge is -2.06. The van der Waals surface area contributed by atoms with Gasteiger partial charge in [0, 0.05) is 6.42 Å². The molecule has 0 fully saturated rings. The molecule has 0 heterocycles. The molecule has 216 valence electrons. The highest BCUT2D eigenvalue weighted by atomic mass is 16.5. The summed E-state index contributed by atoms with van der Waals surface area (Å²) in [7, 11) is 0. The zero-order valence-electron chi connectivity index (χ0n) is 25.2. The van der Waals surface area contributed by atoms with Crippen LogP contribution < -0.4 is 0 Å². The summed E-state index contributed by atoms with van der Waals surface area (Å²) in [5.74, 6) is 0.0258. The van der Waals surface area contributed by atoms with Crippen molar-refractivity contribution in [2.24, 2.45) is 0 Å². The third-order valence-corrected chi connectivity index (χ3v) is 7.75. The van der Waals surface area contributed by atoms with Gasteiger partial charge in [-0.15, -0.1) is 0 Å². The topological polar surface area (TPSA) is 26.3 Å². The Bertz CT molecular complexity index is 406. The summed E-state index contributed by atoms with van der Waals surface area (Å²) < 4.78 is 5.41. The minimum absolute atomic E-state index is 0.0258. The summed E-state index contributed by atoms with van der Waals surface area (Å²) >= 11 is 0. The van der Waals surface area contributed by atoms with Crippen molar-refractivity contribution in [1.29, 1.82) is 0 Å². The highest BCUT2D eigenvalue weighted by Gasteiger charge is 2.02. The Hall–Kier alpha value is -0.530. The highest BCUT2D eigenvalue weighted by molar-refractivity contribution is 5.69. The molecule has 0 aromatic carbocycles. The van der Waals surface area contributed by atoms with E-state index in [0.29, 0.717) is 13.0 Å². The Morgan fingerprint density at radius 3 is 0.917 bits per heavy atom. The molecule has 0 aliphatic carbocycles. The van der Waals surface area contributed by atoms with Crippen LogP contribution in [-0.2, 0) is 9.53 Å². The van der Waals surface area contributed by atoms with E-state index < -0.39 is 0 Å². The van der Waals surface area contributed by atoms with E-state index in [-0.39, 0.29) is 5.97 Å². The van der Waals surface area contributed by atoms with Gasteiger partial charge in [-0.1, -0.05) is 187 Å². The number of carbonyl (C=O) groups excluding carboxylic acids is 1. The van der Waals surface area contributed by atoms with E-state index in [0.717, 1.165) is 12.8 Å². The van der Waals surface area contributed by atoms with Gasteiger partial charge in [0.05, 0.1) is 6.61 Å². The predicted octanol–water partition coefficient (Wildman–Crippen LogP) is 12.3. The summed E-state index contributed by atoms with van der Waals surface area (Å²) in [6, 6.07) is 0. The van der Waals surface area contributed by atoms with Crippen LogP contribution in [0.25, 0.3) is 0 Å². The lowest BCUT2D eigenvalue weighted by atomic mass is 10.0. The zero-order chi connectivity index (χ0) is 26.2. The third kappa shape index (κ3) is 31.5. The van der Waals surface area contributed by atoms with Gasteiger partial charge < -0.3 is 4.74 Å². The molecule has 0 spiro atoms. The van der Waals surface area contributed by atoms with Crippen molar-refractivity contribution in [3.05, 3.63) is 0 Å².